The summed E-state index contributed by atoms with van der Waals surface area (Å²) >= 11 is 0. The molecule has 0 radical (unpaired) electrons. The van der Waals surface area contributed by atoms with Crippen LogP contribution in [0.5, 0.6) is 0 Å². The van der Waals surface area contributed by atoms with Gasteiger partial charge >= 0.3 is 0 Å². The van der Waals surface area contributed by atoms with Crippen LogP contribution in [0.15, 0.2) is 65.7 Å². The number of rotatable bonds is 9. The number of nitrogens with two attached hydrogens (primary N) is 3. The zero-order valence-electron chi connectivity index (χ0n) is 17.4. The fraction of sp³-hybridized carbons (Fsp3) is 0.273. The van der Waals surface area contributed by atoms with Gasteiger partial charge in [-0.2, -0.15) is 0 Å². The van der Waals surface area contributed by atoms with Crippen LogP contribution >= 0.6 is 0 Å². The second-order valence-corrected chi connectivity index (χ2v) is 6.69. The summed E-state index contributed by atoms with van der Waals surface area (Å²) in [5, 5.41) is 10.2. The topological polar surface area (TPSA) is 174 Å². The molecule has 1 atom stereocenters. The third kappa shape index (κ3) is 9.93. The average molecular weight is 428 g/mol. The number of aliphatic imine (C=N–C) groups is 1. The van der Waals surface area contributed by atoms with Gasteiger partial charge in [0.25, 0.3) is 5.97 Å². The maximum absolute atomic E-state index is 13.0. The highest BCUT2D eigenvalue weighted by atomic mass is 16.4. The number of nitrogens with one attached hydrogen (secondary N) is 1. The summed E-state index contributed by atoms with van der Waals surface area (Å²) in [5.41, 5.74) is 17.7. The Kier molecular flexibility index (Phi) is 10.8. The lowest BCUT2D eigenvalue weighted by molar-refractivity contribution is -0.134. The van der Waals surface area contributed by atoms with Crippen LogP contribution in [0.25, 0.3) is 0 Å². The minimum atomic E-state index is -0.833. The third-order valence-corrected chi connectivity index (χ3v) is 4.13. The number of carbonyl (C=O) groups is 3. The molecule has 2 aromatic carbocycles. The van der Waals surface area contributed by atoms with Crippen molar-refractivity contribution in [2.75, 3.05) is 6.54 Å². The predicted octanol–water partition coefficient (Wildman–Crippen LogP) is 0.933. The van der Waals surface area contributed by atoms with E-state index in [1.807, 2.05) is 60.7 Å². The Bertz CT molecular complexity index is 824. The van der Waals surface area contributed by atoms with E-state index in [0.29, 0.717) is 19.4 Å². The molecule has 0 saturated carbocycles. The van der Waals surface area contributed by atoms with Gasteiger partial charge in [-0.25, -0.2) is 0 Å². The highest BCUT2D eigenvalue weighted by molar-refractivity contribution is 5.91. The number of guanidine groups is 1. The van der Waals surface area contributed by atoms with Gasteiger partial charge in [0.15, 0.2) is 5.96 Å². The summed E-state index contributed by atoms with van der Waals surface area (Å²) in [6.45, 7) is 1.45. The molecular weight excluding hydrogens is 398 g/mol. The molecule has 0 aromatic heterocycles. The molecule has 2 rings (SSSR count). The van der Waals surface area contributed by atoms with E-state index in [4.69, 9.17) is 27.1 Å². The molecule has 0 aliphatic rings. The number of amides is 2. The van der Waals surface area contributed by atoms with Gasteiger partial charge in [-0.1, -0.05) is 60.7 Å². The Balaban J connectivity index is 0.00000110. The van der Waals surface area contributed by atoms with E-state index in [1.165, 1.54) is 0 Å². The first-order valence-electron chi connectivity index (χ1n) is 9.66. The maximum Gasteiger partial charge on any atom is 0.300 e. The van der Waals surface area contributed by atoms with Crippen molar-refractivity contribution >= 4 is 23.7 Å². The van der Waals surface area contributed by atoms with E-state index in [-0.39, 0.29) is 11.9 Å². The third-order valence-electron chi connectivity index (χ3n) is 4.13. The summed E-state index contributed by atoms with van der Waals surface area (Å²) in [6.07, 6.45) is 0.876. The van der Waals surface area contributed by atoms with Gasteiger partial charge in [-0.05, 0) is 24.0 Å². The van der Waals surface area contributed by atoms with E-state index in [9.17, 15) is 9.59 Å². The molecule has 0 heterocycles. The second kappa shape index (κ2) is 13.4. The smallest absolute Gasteiger partial charge is 0.300 e. The van der Waals surface area contributed by atoms with E-state index < -0.39 is 23.8 Å². The quantitative estimate of drug-likeness (QED) is 0.226. The van der Waals surface area contributed by atoms with Gasteiger partial charge in [0.05, 0.1) is 5.92 Å². The number of carboxylic acid groups (broad SMARTS) is 1. The summed E-state index contributed by atoms with van der Waals surface area (Å²) in [6, 6.07) is 18.0. The molecule has 8 N–H and O–H groups in total. The SMILES string of the molecule is CC(=O)O.NC(=O)[C@H](CCCN=C(N)N)NC(=O)C(c1ccccc1)c1ccccc1. The van der Waals surface area contributed by atoms with Crippen LogP contribution in [-0.2, 0) is 14.4 Å². The molecule has 0 spiro atoms. The number of nitrogens with zero attached hydrogens (tertiary/aromatic N) is 1. The van der Waals surface area contributed by atoms with E-state index in [1.54, 1.807) is 0 Å². The highest BCUT2D eigenvalue weighted by Gasteiger charge is 2.26. The molecule has 0 unspecified atom stereocenters. The van der Waals surface area contributed by atoms with Gasteiger partial charge in [-0.15, -0.1) is 0 Å². The summed E-state index contributed by atoms with van der Waals surface area (Å²) in [5.74, 6) is -2.25. The van der Waals surface area contributed by atoms with Crippen LogP contribution in [0.3, 0.4) is 0 Å². The van der Waals surface area contributed by atoms with Gasteiger partial charge in [0.1, 0.15) is 6.04 Å². The first-order chi connectivity index (χ1) is 14.7. The van der Waals surface area contributed by atoms with Crippen molar-refractivity contribution in [3.8, 4) is 0 Å². The Morgan fingerprint density at radius 3 is 1.77 bits per heavy atom. The molecule has 0 fully saturated rings. The number of benzene rings is 2. The zero-order chi connectivity index (χ0) is 23.2. The number of hydrogen-bond acceptors (Lipinski definition) is 4. The molecule has 166 valence electrons. The standard InChI is InChI=1S/C20H25N5O2.C2H4O2/c21-18(26)16(12-7-13-24-20(22)23)25-19(27)17(14-8-3-1-4-9-14)15-10-5-2-6-11-15;1-2(3)4/h1-6,8-11,16-17H,7,12-13H2,(H2,21,26)(H,25,27)(H4,22,23,24);1H3,(H,3,4)/t16-;/m0./s1. The number of hydrogen-bond donors (Lipinski definition) is 5. The van der Waals surface area contributed by atoms with Crippen molar-refractivity contribution in [1.82, 2.24) is 5.32 Å². The van der Waals surface area contributed by atoms with Crippen LogP contribution < -0.4 is 22.5 Å². The molecule has 2 aromatic rings. The Morgan fingerprint density at radius 1 is 0.935 bits per heavy atom. The van der Waals surface area contributed by atoms with E-state index in [0.717, 1.165) is 18.1 Å². The van der Waals surface area contributed by atoms with E-state index >= 15 is 0 Å². The normalized spacial score (nSPS) is 10.9. The number of carbonyl (C=O) groups excluding carboxylic acids is 2. The molecule has 0 saturated heterocycles. The van der Waals surface area contributed by atoms with Crippen LogP contribution in [0.4, 0.5) is 0 Å². The zero-order valence-corrected chi connectivity index (χ0v) is 17.4. The minimum absolute atomic E-state index is 0.0112. The Labute approximate surface area is 181 Å². The lowest BCUT2D eigenvalue weighted by Crippen LogP contribution is -2.46. The Hall–Kier alpha value is -3.88. The maximum atomic E-state index is 13.0. The lowest BCUT2D eigenvalue weighted by Gasteiger charge is -2.21. The largest absolute Gasteiger partial charge is 0.481 e. The molecule has 0 bridgehead atoms. The molecule has 0 aliphatic carbocycles. The average Bonchev–Trinajstić information content (AvgIpc) is 2.71. The van der Waals surface area contributed by atoms with Crippen molar-refractivity contribution < 1.29 is 19.5 Å². The first kappa shape index (κ1) is 25.2. The van der Waals surface area contributed by atoms with Crippen molar-refractivity contribution in [1.29, 1.82) is 0 Å². The molecule has 9 nitrogen and oxygen atoms in total. The minimum Gasteiger partial charge on any atom is -0.481 e. The molecular formula is C22H29N5O4. The number of primary amides is 1. The highest BCUT2D eigenvalue weighted by Crippen LogP contribution is 2.25. The predicted molar refractivity (Wildman–Crippen MR) is 119 cm³/mol. The second-order valence-electron chi connectivity index (χ2n) is 6.69. The number of aliphatic carboxylic acids is 1. The first-order valence-corrected chi connectivity index (χ1v) is 9.66. The molecule has 2 amide bonds. The van der Waals surface area contributed by atoms with Gasteiger partial charge in [-0.3, -0.25) is 19.4 Å². The van der Waals surface area contributed by atoms with Crippen LogP contribution in [0.2, 0.25) is 0 Å². The summed E-state index contributed by atoms with van der Waals surface area (Å²) in [7, 11) is 0. The monoisotopic (exact) mass is 427 g/mol. The van der Waals surface area contributed by atoms with Crippen molar-refractivity contribution in [2.24, 2.45) is 22.2 Å². The van der Waals surface area contributed by atoms with Crippen LogP contribution in [0.1, 0.15) is 36.8 Å². The van der Waals surface area contributed by atoms with Crippen molar-refractivity contribution in [3.63, 3.8) is 0 Å². The Morgan fingerprint density at radius 2 is 1.39 bits per heavy atom. The molecule has 31 heavy (non-hydrogen) atoms. The fourth-order valence-corrected chi connectivity index (χ4v) is 2.83. The van der Waals surface area contributed by atoms with Crippen molar-refractivity contribution in [3.05, 3.63) is 71.8 Å². The molecule has 0 aliphatic heterocycles. The van der Waals surface area contributed by atoms with Gasteiger partial charge in [0, 0.05) is 13.5 Å². The van der Waals surface area contributed by atoms with E-state index in [2.05, 4.69) is 10.3 Å². The molecule has 9 heteroatoms. The summed E-state index contributed by atoms with van der Waals surface area (Å²) < 4.78 is 0. The summed E-state index contributed by atoms with van der Waals surface area (Å²) in [4.78, 5) is 37.7. The fourth-order valence-electron chi connectivity index (χ4n) is 2.83. The number of carboxylic acids is 1. The van der Waals surface area contributed by atoms with Crippen molar-refractivity contribution in [2.45, 2.75) is 31.7 Å². The van der Waals surface area contributed by atoms with Gasteiger partial charge < -0.3 is 27.6 Å². The lowest BCUT2D eigenvalue weighted by atomic mass is 9.90. The van der Waals surface area contributed by atoms with Crippen LogP contribution in [0, 0.1) is 0 Å². The van der Waals surface area contributed by atoms with Gasteiger partial charge in [0.2, 0.25) is 11.8 Å². The van der Waals surface area contributed by atoms with Crippen LogP contribution in [-0.4, -0.2) is 41.4 Å².